The number of amidine groups is 1. The summed E-state index contributed by atoms with van der Waals surface area (Å²) in [5, 5.41) is 6.57. The lowest BCUT2D eigenvalue weighted by molar-refractivity contribution is 0.536. The van der Waals surface area contributed by atoms with Crippen molar-refractivity contribution in [3.05, 3.63) is 168 Å². The molecule has 3 heterocycles. The molecule has 0 radical (unpaired) electrons. The lowest BCUT2D eigenvalue weighted by Crippen LogP contribution is -2.18. The number of allylic oxidation sites excluding steroid dienone is 5. The number of hydrogen-bond acceptors (Lipinski definition) is 2. The summed E-state index contributed by atoms with van der Waals surface area (Å²) in [4.78, 5) is 10.9. The van der Waals surface area contributed by atoms with Crippen molar-refractivity contribution >= 4 is 83.5 Å². The Morgan fingerprint density at radius 2 is 1.50 bits per heavy atom. The fourth-order valence-electron chi connectivity index (χ4n) is 9.05. The van der Waals surface area contributed by atoms with Crippen LogP contribution in [0.25, 0.3) is 55.2 Å². The first kappa shape index (κ1) is 32.1. The summed E-state index contributed by atoms with van der Waals surface area (Å²) in [6.07, 6.45) is 21.4. The Labute approximate surface area is 325 Å². The van der Waals surface area contributed by atoms with Gasteiger partial charge in [-0.05, 0) is 136 Å². The smallest absolute Gasteiger partial charge is 0.157 e. The Kier molecular flexibility index (Phi) is 7.82. The van der Waals surface area contributed by atoms with Crippen molar-refractivity contribution < 1.29 is 0 Å². The zero-order valence-electron chi connectivity index (χ0n) is 30.1. The van der Waals surface area contributed by atoms with Crippen molar-refractivity contribution in [3.8, 4) is 5.69 Å². The Bertz CT molecular complexity index is 2910. The van der Waals surface area contributed by atoms with Crippen LogP contribution in [-0.2, 0) is 6.42 Å². The van der Waals surface area contributed by atoms with Crippen LogP contribution in [0.5, 0.6) is 0 Å². The molecule has 0 fully saturated rings. The highest BCUT2D eigenvalue weighted by atomic mass is 127. The summed E-state index contributed by atoms with van der Waals surface area (Å²) in [6.45, 7) is 0. The quantitative estimate of drug-likeness (QED) is 0.155. The van der Waals surface area contributed by atoms with Crippen LogP contribution in [0.15, 0.2) is 161 Å². The molecule has 11 rings (SSSR count). The molecule has 0 N–H and O–H groups in total. The van der Waals surface area contributed by atoms with Gasteiger partial charge in [0.1, 0.15) is 7.35 Å². The second-order valence-electron chi connectivity index (χ2n) is 14.8. The van der Waals surface area contributed by atoms with Crippen molar-refractivity contribution in [2.45, 2.75) is 51.0 Å². The third kappa shape index (κ3) is 5.35. The van der Waals surface area contributed by atoms with Gasteiger partial charge in [0, 0.05) is 38.6 Å². The zero-order chi connectivity index (χ0) is 35.6. The lowest BCUT2D eigenvalue weighted by atomic mass is 9.94. The van der Waals surface area contributed by atoms with E-state index in [0.29, 0.717) is 0 Å². The fourth-order valence-corrected chi connectivity index (χ4v) is 11.7. The number of halogens is 1. The Morgan fingerprint density at radius 3 is 2.41 bits per heavy atom. The Hall–Kier alpha value is -5.40. The largest absolute Gasteiger partial charge is 0.333 e. The Morgan fingerprint density at radius 1 is 0.648 bits per heavy atom. The first-order valence-corrected chi connectivity index (χ1v) is 21.5. The predicted molar refractivity (Wildman–Crippen MR) is 238 cm³/mol. The molecule has 5 aromatic carbocycles. The van der Waals surface area contributed by atoms with Gasteiger partial charge in [-0.25, -0.2) is 9.98 Å². The third-order valence-electron chi connectivity index (χ3n) is 11.6. The molecule has 1 aliphatic heterocycles. The van der Waals surface area contributed by atoms with E-state index in [-0.39, 0.29) is 6.04 Å². The Balaban J connectivity index is 1.08. The molecule has 0 saturated heterocycles. The number of fused-ring (bicyclic) bond motifs is 7. The van der Waals surface area contributed by atoms with Crippen LogP contribution in [0.4, 0.5) is 0 Å². The molecule has 2 aromatic heterocycles. The SMILES string of the molecule is C1=CCCC(C2=IC(c3ccc4ccccc4c3)=NC(C3=CC(n4c5ccccc5c5cc6c7c(n(-c8ccccc8)c6cc54)C=CCC7)CCC3)=N2)=C1. The van der Waals surface area contributed by atoms with E-state index in [0.717, 1.165) is 50.8 Å². The normalized spacial score (nSPS) is 18.6. The number of aryl methyl sites for hydroxylation is 1. The minimum Gasteiger partial charge on any atom is -0.333 e. The van der Waals surface area contributed by atoms with Crippen LogP contribution >= 0.6 is 20.7 Å². The first-order valence-electron chi connectivity index (χ1n) is 19.3. The monoisotopic (exact) mass is 810 g/mol. The minimum atomic E-state index is -0.526. The number of benzene rings is 5. The summed E-state index contributed by atoms with van der Waals surface area (Å²) < 4.78 is 7.61. The molecule has 54 heavy (non-hydrogen) atoms. The van der Waals surface area contributed by atoms with E-state index >= 15 is 0 Å². The highest BCUT2D eigenvalue weighted by molar-refractivity contribution is 14.2. The molecule has 7 aromatic rings. The molecule has 3 aliphatic carbocycles. The molecule has 262 valence electrons. The van der Waals surface area contributed by atoms with Crippen molar-refractivity contribution in [2.75, 3.05) is 0 Å². The van der Waals surface area contributed by atoms with Crippen LogP contribution in [-0.4, -0.2) is 22.3 Å². The molecule has 0 amide bonds. The van der Waals surface area contributed by atoms with Crippen molar-refractivity contribution in [3.63, 3.8) is 0 Å². The number of para-hydroxylation sites is 2. The molecule has 0 saturated carbocycles. The van der Waals surface area contributed by atoms with E-state index in [9.17, 15) is 0 Å². The maximum Gasteiger partial charge on any atom is 0.157 e. The van der Waals surface area contributed by atoms with Crippen LogP contribution in [0.1, 0.15) is 61.4 Å². The van der Waals surface area contributed by atoms with E-state index in [1.807, 2.05) is 0 Å². The van der Waals surface area contributed by atoms with Crippen LogP contribution in [0.3, 0.4) is 0 Å². The van der Waals surface area contributed by atoms with Gasteiger partial charge in [0.15, 0.2) is 5.84 Å². The van der Waals surface area contributed by atoms with E-state index in [2.05, 4.69) is 155 Å². The maximum atomic E-state index is 5.45. The lowest BCUT2D eigenvalue weighted by Gasteiger charge is -2.25. The standard InChI is InChI=1S/C49H39IN4/c1-3-15-33(16-4-1)47-50-48(35-27-26-32-14-7-8-17-34(32)28-35)52-49(51-47)36-18-13-21-38(29-36)54-44-25-12-10-23-40(44)42-30-41-39-22-9-11-24-43(39)53(45(41)31-46(42)54)37-19-5-2-6-20-37/h1-3,5-8,10-12,14-15,17,19-20,23-31,38H,4,9,13,16,18,21-22H2. The van der Waals surface area contributed by atoms with Gasteiger partial charge in [-0.3, -0.25) is 0 Å². The van der Waals surface area contributed by atoms with E-state index in [1.54, 1.807) is 0 Å². The average Bonchev–Trinajstić information content (AvgIpc) is 3.75. The van der Waals surface area contributed by atoms with Crippen molar-refractivity contribution in [2.24, 2.45) is 9.98 Å². The molecule has 4 nitrogen and oxygen atoms in total. The van der Waals surface area contributed by atoms with Gasteiger partial charge in [0.2, 0.25) is 0 Å². The number of aromatic nitrogens is 2. The number of hydrogen-bond donors (Lipinski definition) is 0. The van der Waals surface area contributed by atoms with Crippen molar-refractivity contribution in [1.29, 1.82) is 0 Å². The molecule has 5 heteroatoms. The van der Waals surface area contributed by atoms with Crippen LogP contribution in [0.2, 0.25) is 0 Å². The molecule has 1 atom stereocenters. The van der Waals surface area contributed by atoms with Gasteiger partial charge in [-0.2, -0.15) is 0 Å². The van der Waals surface area contributed by atoms with E-state index in [1.165, 1.54) is 84.5 Å². The second-order valence-corrected chi connectivity index (χ2v) is 17.4. The molecule has 0 bridgehead atoms. The van der Waals surface area contributed by atoms with Crippen molar-refractivity contribution in [1.82, 2.24) is 9.13 Å². The first-order chi connectivity index (χ1) is 26.8. The summed E-state index contributed by atoms with van der Waals surface area (Å²) >= 11 is -0.526. The molecule has 1 unspecified atom stereocenters. The summed E-state index contributed by atoms with van der Waals surface area (Å²) in [6, 6.07) is 40.6. The minimum absolute atomic E-state index is 0.196. The molecule has 0 spiro atoms. The van der Waals surface area contributed by atoms with Crippen LogP contribution < -0.4 is 0 Å². The van der Waals surface area contributed by atoms with E-state index in [4.69, 9.17) is 9.98 Å². The number of aliphatic imine (C=N–C) groups is 2. The maximum absolute atomic E-state index is 5.45. The summed E-state index contributed by atoms with van der Waals surface area (Å²) in [7, 11) is 0. The zero-order valence-corrected chi connectivity index (χ0v) is 32.2. The predicted octanol–water partition coefficient (Wildman–Crippen LogP) is 12.7. The summed E-state index contributed by atoms with van der Waals surface area (Å²) in [5.41, 5.74) is 11.8. The highest BCUT2D eigenvalue weighted by Gasteiger charge is 2.27. The number of rotatable bonds is 5. The fraction of sp³-hybridized carbons (Fsp3) is 0.163. The number of nitrogens with zero attached hydrogens (tertiary/aromatic N) is 4. The average molecular weight is 811 g/mol. The molecule has 4 aliphatic rings. The highest BCUT2D eigenvalue weighted by Crippen LogP contribution is 2.42. The molecular weight excluding hydrogens is 771 g/mol. The topological polar surface area (TPSA) is 34.6 Å². The van der Waals surface area contributed by atoms with Gasteiger partial charge in [-0.15, -0.1) is 0 Å². The van der Waals surface area contributed by atoms with Gasteiger partial charge in [0.25, 0.3) is 0 Å². The molecular formula is C49H39IN4. The summed E-state index contributed by atoms with van der Waals surface area (Å²) in [5.74, 6) is 0.917. The van der Waals surface area contributed by atoms with Gasteiger partial charge in [-0.1, -0.05) is 103 Å². The van der Waals surface area contributed by atoms with Gasteiger partial charge < -0.3 is 9.13 Å². The van der Waals surface area contributed by atoms with E-state index < -0.39 is 20.7 Å². The van der Waals surface area contributed by atoms with Gasteiger partial charge in [0.05, 0.1) is 17.1 Å². The third-order valence-corrected chi connectivity index (χ3v) is 14.4. The van der Waals surface area contributed by atoms with Crippen LogP contribution in [0, 0.1) is 0 Å². The second kappa shape index (κ2) is 13.2. The van der Waals surface area contributed by atoms with Gasteiger partial charge >= 0.3 is 0 Å².